The molecule has 1 aliphatic heterocycles. The third-order valence-electron chi connectivity index (χ3n) is 2.75. The van der Waals surface area contributed by atoms with Crippen LogP contribution >= 0.6 is 0 Å². The number of hydrogen-bond donors (Lipinski definition) is 1. The van der Waals surface area contributed by atoms with E-state index in [9.17, 15) is 13.2 Å². The molecule has 1 heterocycles. The highest BCUT2D eigenvalue weighted by molar-refractivity contribution is 7.89. The largest absolute Gasteiger partial charge is 0.318 e. The molecule has 1 aliphatic rings. The van der Waals surface area contributed by atoms with E-state index in [1.807, 2.05) is 0 Å². The second-order valence-electron chi connectivity index (χ2n) is 3.86. The van der Waals surface area contributed by atoms with Crippen molar-refractivity contribution in [1.82, 2.24) is 4.31 Å². The van der Waals surface area contributed by atoms with E-state index in [0.717, 1.165) is 12.8 Å². The second-order valence-corrected chi connectivity index (χ2v) is 5.80. The summed E-state index contributed by atoms with van der Waals surface area (Å²) in [6.07, 6.45) is 3.37. The molecule has 0 atom stereocenters. The van der Waals surface area contributed by atoms with Crippen LogP contribution < -0.4 is 5.32 Å². The van der Waals surface area contributed by atoms with Crippen molar-refractivity contribution in [2.24, 2.45) is 0 Å². The van der Waals surface area contributed by atoms with Crippen LogP contribution in [0.5, 0.6) is 0 Å². The molecule has 17 heavy (non-hydrogen) atoms. The average molecular weight is 253 g/mol. The van der Waals surface area contributed by atoms with Gasteiger partial charge in [0.15, 0.2) is 0 Å². The van der Waals surface area contributed by atoms with Gasteiger partial charge < -0.3 is 5.32 Å². The monoisotopic (exact) mass is 253 g/mol. The number of benzene rings is 1. The normalized spacial score (nSPS) is 16.9. The van der Waals surface area contributed by atoms with Gasteiger partial charge in [0.2, 0.25) is 10.0 Å². The van der Waals surface area contributed by atoms with Crippen molar-refractivity contribution >= 4 is 22.1 Å². The molecule has 1 saturated heterocycles. The Balaban J connectivity index is 2.23. The molecule has 0 saturated carbocycles. The molecule has 2 rings (SSSR count). The van der Waals surface area contributed by atoms with Gasteiger partial charge in [-0.25, -0.2) is 8.42 Å². The van der Waals surface area contributed by atoms with Crippen molar-refractivity contribution in [2.45, 2.75) is 17.7 Å². The molecule has 1 N–H and O–H groups in total. The molecule has 0 aliphatic carbocycles. The Kier molecular flexibility index (Phi) is 3.44. The first kappa shape index (κ1) is 12.1. The van der Waals surface area contributed by atoms with E-state index in [0.29, 0.717) is 18.8 Å². The molecule has 5 nitrogen and oxygen atoms in total. The number of carbonyl (C=O) groups excluding carboxylic acids is 1. The van der Waals surface area contributed by atoms with Crippen molar-refractivity contribution in [3.63, 3.8) is 0 Å². The van der Waals surface area contributed by atoms with Crippen LogP contribution in [0.2, 0.25) is 0 Å². The van der Waals surface area contributed by atoms with Crippen molar-refractivity contribution < 1.29 is 13.2 Å². The number of nitrogens with zero attached hydrogens (tertiary/aromatic N) is 1. The van der Waals surface area contributed by atoms with Crippen molar-refractivity contribution in [3.05, 3.63) is 24.3 Å². The van der Waals surface area contributed by atoms with Gasteiger partial charge in [0.05, 0.1) is 4.90 Å². The van der Waals surface area contributed by atoms with E-state index in [-0.39, 0.29) is 4.90 Å². The topological polar surface area (TPSA) is 66.5 Å². The molecule has 91 valence electrons. The minimum Gasteiger partial charge on any atom is -0.318 e. The summed E-state index contributed by atoms with van der Waals surface area (Å²) in [5.41, 5.74) is 0.528. The lowest BCUT2D eigenvalue weighted by Gasteiger charge is -2.15. The van der Waals surface area contributed by atoms with Crippen LogP contribution in [-0.4, -0.2) is 32.2 Å². The number of hydrogen-bond acceptors (Lipinski definition) is 3. The Morgan fingerprint density at radius 2 is 1.71 bits per heavy atom. The summed E-state index contributed by atoms with van der Waals surface area (Å²) in [5, 5.41) is 2.34. The van der Waals surface area contributed by atoms with E-state index in [1.165, 1.54) is 22.8 Å². The van der Waals surface area contributed by atoms with Gasteiger partial charge in [-0.05, 0) is 37.1 Å². The molecule has 1 aromatic carbocycles. The molecule has 1 aromatic rings. The fourth-order valence-electron chi connectivity index (χ4n) is 1.85. The van der Waals surface area contributed by atoms with Crippen molar-refractivity contribution in [3.8, 4) is 0 Å². The Hall–Kier alpha value is -1.40. The van der Waals surface area contributed by atoms with Crippen LogP contribution in [0.25, 0.3) is 0 Å². The zero-order chi connectivity index (χ0) is 12.3. The number of anilines is 1. The van der Waals surface area contributed by atoms with Gasteiger partial charge in [-0.15, -0.1) is 0 Å². The summed E-state index contributed by atoms with van der Waals surface area (Å²) >= 11 is 0. The number of nitrogens with one attached hydrogen (secondary N) is 1. The summed E-state index contributed by atoms with van der Waals surface area (Å²) in [6.45, 7) is 1.18. The van der Waals surface area contributed by atoms with Crippen LogP contribution in [0.4, 0.5) is 5.69 Å². The molecule has 1 fully saturated rings. The van der Waals surface area contributed by atoms with Crippen LogP contribution in [0.1, 0.15) is 12.8 Å². The third kappa shape index (κ3) is 2.48. The molecular weight excluding hydrogens is 240 g/mol. The molecule has 0 aromatic heterocycles. The molecule has 1 amide bonds. The Morgan fingerprint density at radius 1 is 1.12 bits per heavy atom. The van der Waals surface area contributed by atoms with Gasteiger partial charge in [-0.3, -0.25) is 4.79 Å². The van der Waals surface area contributed by atoms with Crippen LogP contribution in [0.3, 0.4) is 0 Å². The highest BCUT2D eigenvalue weighted by Crippen LogP contribution is 2.21. The van der Waals surface area contributed by atoms with E-state index >= 15 is 0 Å². The first-order valence-corrected chi connectivity index (χ1v) is 6.82. The predicted octanol–water partition coefficient (Wildman–Crippen LogP) is 0.950. The maximum Gasteiger partial charge on any atom is 0.314 e. The van der Waals surface area contributed by atoms with Gasteiger partial charge in [0.25, 0.3) is 0 Å². The summed E-state index contributed by atoms with van der Waals surface area (Å²) in [6, 6.07) is 6.09. The van der Waals surface area contributed by atoms with Gasteiger partial charge in [0, 0.05) is 18.8 Å². The lowest BCUT2D eigenvalue weighted by atomic mass is 10.3. The van der Waals surface area contributed by atoms with Crippen LogP contribution in [0, 0.1) is 0 Å². The number of sulfonamides is 1. The highest BCUT2D eigenvalue weighted by atomic mass is 32.2. The Morgan fingerprint density at radius 3 is 2.24 bits per heavy atom. The van der Waals surface area contributed by atoms with E-state index in [2.05, 4.69) is 5.32 Å². The van der Waals surface area contributed by atoms with Crippen molar-refractivity contribution in [2.75, 3.05) is 18.4 Å². The highest BCUT2D eigenvalue weighted by Gasteiger charge is 2.26. The standard InChI is InChI=1S/C11H13N2O3S/c14-9-12-10-3-5-11(6-4-10)17(15,16)13-7-1-2-8-13/h3-6H,1-2,7-8H2,(H,12,14). The molecule has 6 heteroatoms. The minimum absolute atomic E-state index is 0.260. The zero-order valence-electron chi connectivity index (χ0n) is 9.22. The Bertz CT molecular complexity index is 490. The molecule has 0 spiro atoms. The Labute approximate surface area is 100 Å². The van der Waals surface area contributed by atoms with Gasteiger partial charge >= 0.3 is 6.41 Å². The average Bonchev–Trinajstić information content (AvgIpc) is 2.84. The van der Waals surface area contributed by atoms with E-state index < -0.39 is 10.0 Å². The minimum atomic E-state index is -3.36. The molecular formula is C11H13N2O3S. The summed E-state index contributed by atoms with van der Waals surface area (Å²) in [4.78, 5) is 10.4. The fourth-order valence-corrected chi connectivity index (χ4v) is 3.36. The second kappa shape index (κ2) is 4.85. The maximum atomic E-state index is 12.1. The molecule has 0 bridgehead atoms. The fraction of sp³-hybridized carbons (Fsp3) is 0.364. The SMILES string of the molecule is O=[C]Nc1ccc(S(=O)(=O)N2CCCC2)cc1. The van der Waals surface area contributed by atoms with E-state index in [1.54, 1.807) is 12.1 Å². The van der Waals surface area contributed by atoms with Crippen LogP contribution in [0.15, 0.2) is 29.2 Å². The first-order valence-electron chi connectivity index (χ1n) is 5.38. The summed E-state index contributed by atoms with van der Waals surface area (Å²) in [7, 11) is -3.36. The first-order chi connectivity index (χ1) is 8.14. The molecule has 0 unspecified atom stereocenters. The quantitative estimate of drug-likeness (QED) is 0.812. The number of rotatable bonds is 4. The lowest BCUT2D eigenvalue weighted by Crippen LogP contribution is -2.27. The third-order valence-corrected chi connectivity index (χ3v) is 4.67. The van der Waals surface area contributed by atoms with Crippen molar-refractivity contribution in [1.29, 1.82) is 0 Å². The smallest absolute Gasteiger partial charge is 0.314 e. The lowest BCUT2D eigenvalue weighted by molar-refractivity contribution is 0.477. The van der Waals surface area contributed by atoms with E-state index in [4.69, 9.17) is 0 Å². The van der Waals surface area contributed by atoms with Gasteiger partial charge in [-0.1, -0.05) is 0 Å². The predicted molar refractivity (Wildman–Crippen MR) is 63.8 cm³/mol. The zero-order valence-corrected chi connectivity index (χ0v) is 10.0. The van der Waals surface area contributed by atoms with Gasteiger partial charge in [-0.2, -0.15) is 4.31 Å². The summed E-state index contributed by atoms with van der Waals surface area (Å²) in [5.74, 6) is 0. The number of amides is 1. The molecule has 1 radical (unpaired) electrons. The van der Waals surface area contributed by atoms with Gasteiger partial charge in [0.1, 0.15) is 0 Å². The summed E-state index contributed by atoms with van der Waals surface area (Å²) < 4.78 is 25.8. The maximum absolute atomic E-state index is 12.1. The van der Waals surface area contributed by atoms with Crippen LogP contribution in [-0.2, 0) is 14.8 Å².